The fourth-order valence-electron chi connectivity index (χ4n) is 4.50. The van der Waals surface area contributed by atoms with Gasteiger partial charge in [0.15, 0.2) is 0 Å². The van der Waals surface area contributed by atoms with Gasteiger partial charge in [0.25, 0.3) is 0 Å². The summed E-state index contributed by atoms with van der Waals surface area (Å²) in [7, 11) is 0. The van der Waals surface area contributed by atoms with Crippen LogP contribution in [0.4, 0.5) is 0 Å². The Kier molecular flexibility index (Phi) is 4.16. The molecule has 0 amide bonds. The Morgan fingerprint density at radius 3 is 2.74 bits per heavy atom. The Morgan fingerprint density at radius 2 is 1.95 bits per heavy atom. The molecule has 0 spiro atoms. The van der Waals surface area contributed by atoms with Crippen molar-refractivity contribution in [3.8, 4) is 0 Å². The SMILES string of the molecule is CC1CN(C2CCN3CCCC3C2)C(C(C)C)CN1. The van der Waals surface area contributed by atoms with E-state index in [0.717, 1.165) is 24.0 Å². The van der Waals surface area contributed by atoms with Gasteiger partial charge in [0.1, 0.15) is 0 Å². The lowest BCUT2D eigenvalue weighted by Gasteiger charge is -2.49. The van der Waals surface area contributed by atoms with Gasteiger partial charge in [0, 0.05) is 37.3 Å². The van der Waals surface area contributed by atoms with E-state index in [2.05, 4.69) is 35.9 Å². The van der Waals surface area contributed by atoms with Gasteiger partial charge in [-0.3, -0.25) is 4.90 Å². The standard InChI is InChI=1S/C16H31N3/c1-12(2)16-10-17-13(3)11-19(16)15-6-8-18-7-4-5-14(18)9-15/h12-17H,4-11H2,1-3H3. The molecule has 3 rings (SSSR count). The van der Waals surface area contributed by atoms with E-state index in [4.69, 9.17) is 0 Å². The molecule has 110 valence electrons. The normalized spacial score (nSPS) is 41.7. The Bertz CT molecular complexity index is 304. The molecular weight excluding hydrogens is 234 g/mol. The van der Waals surface area contributed by atoms with Gasteiger partial charge in [-0.05, 0) is 51.6 Å². The first-order valence-electron chi connectivity index (χ1n) is 8.38. The van der Waals surface area contributed by atoms with E-state index in [0.29, 0.717) is 6.04 Å². The van der Waals surface area contributed by atoms with Crippen molar-refractivity contribution in [3.63, 3.8) is 0 Å². The van der Waals surface area contributed by atoms with Crippen molar-refractivity contribution in [1.29, 1.82) is 0 Å². The first-order chi connectivity index (χ1) is 9.15. The number of nitrogens with zero attached hydrogens (tertiary/aromatic N) is 2. The third-order valence-corrected chi connectivity index (χ3v) is 5.62. The van der Waals surface area contributed by atoms with Crippen LogP contribution in [0.1, 0.15) is 46.5 Å². The molecule has 0 aromatic heterocycles. The molecule has 0 aromatic rings. The summed E-state index contributed by atoms with van der Waals surface area (Å²) in [4.78, 5) is 5.61. The molecule has 3 saturated heterocycles. The van der Waals surface area contributed by atoms with Gasteiger partial charge < -0.3 is 10.2 Å². The molecule has 4 unspecified atom stereocenters. The fourth-order valence-corrected chi connectivity index (χ4v) is 4.50. The Labute approximate surface area is 118 Å². The van der Waals surface area contributed by atoms with Crippen LogP contribution in [0.15, 0.2) is 0 Å². The molecule has 0 bridgehead atoms. The smallest absolute Gasteiger partial charge is 0.0247 e. The topological polar surface area (TPSA) is 18.5 Å². The molecule has 3 aliphatic rings. The molecule has 3 heteroatoms. The average molecular weight is 265 g/mol. The second-order valence-electron chi connectivity index (χ2n) is 7.33. The van der Waals surface area contributed by atoms with Crippen molar-refractivity contribution < 1.29 is 0 Å². The maximum Gasteiger partial charge on any atom is 0.0247 e. The second kappa shape index (κ2) is 5.71. The number of hydrogen-bond acceptors (Lipinski definition) is 3. The van der Waals surface area contributed by atoms with Crippen LogP contribution in [0.3, 0.4) is 0 Å². The van der Waals surface area contributed by atoms with Crippen LogP contribution in [-0.2, 0) is 0 Å². The largest absolute Gasteiger partial charge is 0.311 e. The van der Waals surface area contributed by atoms with Crippen molar-refractivity contribution in [3.05, 3.63) is 0 Å². The predicted octanol–water partition coefficient (Wildman–Crippen LogP) is 1.93. The minimum atomic E-state index is 0.664. The maximum atomic E-state index is 3.68. The Balaban J connectivity index is 1.68. The summed E-state index contributed by atoms with van der Waals surface area (Å²) in [6, 6.07) is 3.15. The van der Waals surface area contributed by atoms with Crippen LogP contribution >= 0.6 is 0 Å². The number of rotatable bonds is 2. The monoisotopic (exact) mass is 265 g/mol. The van der Waals surface area contributed by atoms with Gasteiger partial charge in [-0.25, -0.2) is 0 Å². The summed E-state index contributed by atoms with van der Waals surface area (Å²) in [5.74, 6) is 0.765. The zero-order chi connectivity index (χ0) is 13.4. The number of piperidine rings is 1. The van der Waals surface area contributed by atoms with Crippen molar-refractivity contribution in [1.82, 2.24) is 15.1 Å². The molecule has 3 fully saturated rings. The van der Waals surface area contributed by atoms with E-state index in [1.165, 1.54) is 51.9 Å². The van der Waals surface area contributed by atoms with E-state index >= 15 is 0 Å². The first-order valence-corrected chi connectivity index (χ1v) is 8.38. The van der Waals surface area contributed by atoms with E-state index in [-0.39, 0.29) is 0 Å². The highest BCUT2D eigenvalue weighted by Crippen LogP contribution is 2.31. The van der Waals surface area contributed by atoms with Gasteiger partial charge in [-0.2, -0.15) is 0 Å². The van der Waals surface area contributed by atoms with E-state index < -0.39 is 0 Å². The first kappa shape index (κ1) is 13.8. The van der Waals surface area contributed by atoms with Gasteiger partial charge in [0.2, 0.25) is 0 Å². The molecule has 0 aromatic carbocycles. The van der Waals surface area contributed by atoms with Gasteiger partial charge in [-0.15, -0.1) is 0 Å². The second-order valence-corrected chi connectivity index (χ2v) is 7.33. The lowest BCUT2D eigenvalue weighted by atomic mass is 9.90. The van der Waals surface area contributed by atoms with Crippen LogP contribution in [-0.4, -0.2) is 60.1 Å². The molecule has 19 heavy (non-hydrogen) atoms. The number of nitrogens with one attached hydrogen (secondary N) is 1. The van der Waals surface area contributed by atoms with Gasteiger partial charge in [-0.1, -0.05) is 13.8 Å². The highest BCUT2D eigenvalue weighted by atomic mass is 15.3. The molecule has 3 aliphatic heterocycles. The van der Waals surface area contributed by atoms with Crippen LogP contribution < -0.4 is 5.32 Å². The third kappa shape index (κ3) is 2.84. The molecule has 4 atom stereocenters. The van der Waals surface area contributed by atoms with E-state index in [1.54, 1.807) is 0 Å². The van der Waals surface area contributed by atoms with E-state index in [1.807, 2.05) is 0 Å². The predicted molar refractivity (Wildman–Crippen MR) is 80.4 cm³/mol. The summed E-state index contributed by atoms with van der Waals surface area (Å²) in [6.07, 6.45) is 5.70. The number of fused-ring (bicyclic) bond motifs is 1. The number of hydrogen-bond donors (Lipinski definition) is 1. The summed E-state index contributed by atoms with van der Waals surface area (Å²) in [5.41, 5.74) is 0. The highest BCUT2D eigenvalue weighted by Gasteiger charge is 2.38. The summed E-state index contributed by atoms with van der Waals surface area (Å²) < 4.78 is 0. The van der Waals surface area contributed by atoms with Crippen molar-refractivity contribution in [2.45, 2.75) is 70.6 Å². The maximum absolute atomic E-state index is 3.68. The van der Waals surface area contributed by atoms with Crippen LogP contribution in [0, 0.1) is 5.92 Å². The van der Waals surface area contributed by atoms with E-state index in [9.17, 15) is 0 Å². The quantitative estimate of drug-likeness (QED) is 0.823. The zero-order valence-corrected chi connectivity index (χ0v) is 12.9. The zero-order valence-electron chi connectivity index (χ0n) is 12.9. The minimum absolute atomic E-state index is 0.664. The minimum Gasteiger partial charge on any atom is -0.311 e. The van der Waals surface area contributed by atoms with Gasteiger partial charge >= 0.3 is 0 Å². The highest BCUT2D eigenvalue weighted by molar-refractivity contribution is 4.95. The molecule has 0 aliphatic carbocycles. The summed E-state index contributed by atoms with van der Waals surface area (Å²) in [5, 5.41) is 3.68. The van der Waals surface area contributed by atoms with Crippen molar-refractivity contribution in [2.75, 3.05) is 26.2 Å². The van der Waals surface area contributed by atoms with Crippen molar-refractivity contribution in [2.24, 2.45) is 5.92 Å². The lowest BCUT2D eigenvalue weighted by molar-refractivity contribution is 0.0165. The summed E-state index contributed by atoms with van der Waals surface area (Å²) in [6.45, 7) is 12.3. The molecule has 3 heterocycles. The number of piperazine rings is 1. The van der Waals surface area contributed by atoms with Gasteiger partial charge in [0.05, 0.1) is 0 Å². The van der Waals surface area contributed by atoms with Crippen LogP contribution in [0.25, 0.3) is 0 Å². The fraction of sp³-hybridized carbons (Fsp3) is 1.00. The van der Waals surface area contributed by atoms with Crippen molar-refractivity contribution >= 4 is 0 Å². The van der Waals surface area contributed by atoms with Crippen LogP contribution in [0.2, 0.25) is 0 Å². The third-order valence-electron chi connectivity index (χ3n) is 5.62. The Morgan fingerprint density at radius 1 is 1.11 bits per heavy atom. The summed E-state index contributed by atoms with van der Waals surface area (Å²) >= 11 is 0. The van der Waals surface area contributed by atoms with Crippen LogP contribution in [0.5, 0.6) is 0 Å². The molecule has 1 N–H and O–H groups in total. The lowest BCUT2D eigenvalue weighted by Crippen LogP contribution is -2.62. The molecular formula is C16H31N3. The Hall–Kier alpha value is -0.120. The average Bonchev–Trinajstić information content (AvgIpc) is 2.85. The molecule has 0 radical (unpaired) electrons. The molecule has 0 saturated carbocycles. The molecule has 3 nitrogen and oxygen atoms in total.